The standard InChI is InChI=1S/C22H20N4O5S3.2C22H18N4O4S2.C18H13N3O2S2.C4H5NO2.C2H6.H3N/c27-14-31-11-19-22(33-13-23-19)24-18(10-15-6-8-17(9-7-15)26-34(28,29)30)20-12-32-21(25-20)16-4-2-1-3-5-16;2*27-14-30-11-19-22(32-13-23-19)24-18(10-15-6-8-17(9-7-15)26(28)29)20-12-31-21(25-20)16-4-2-1-3-5-16;22-21(23)15-8-6-13(7-9-15)10-16(19-12-24)17-11-25-18(20-17)14-4-2-1-3-5-14;1-5-3-4(6)7-2;1-2;/h1-9,12-14,18,24,26H,10-11H2,(H,28,29,30);2*1-9,12-14,18,24H,10-11H2;1-9,11,16H,10H2;3H2,2H3;1-2H3;1H3/t3*18-;16-;;;/m0000.../s1. The number of nitro benzene ring substituents is 3. The number of thiazole rings is 7. The summed E-state index contributed by atoms with van der Waals surface area (Å²) in [5, 5.41) is 59.5. The topological polar surface area (TPSA) is 483 Å². The van der Waals surface area contributed by atoms with Gasteiger partial charge in [0.1, 0.15) is 78.0 Å². The molecule has 0 unspecified atom stereocenters. The van der Waals surface area contributed by atoms with Gasteiger partial charge in [0.2, 0.25) is 0 Å². The molecule has 0 aliphatic heterocycles. The first kappa shape index (κ1) is 102. The van der Waals surface area contributed by atoms with Crippen molar-refractivity contribution in [1.29, 1.82) is 0 Å². The van der Waals surface area contributed by atoms with Crippen LogP contribution >= 0.6 is 91.6 Å². The van der Waals surface area contributed by atoms with Gasteiger partial charge in [-0.2, -0.15) is 0 Å². The minimum Gasteiger partial charge on any atom is -0.731 e. The van der Waals surface area contributed by atoms with Crippen LogP contribution in [0.25, 0.3) is 47.1 Å². The van der Waals surface area contributed by atoms with Crippen LogP contribution in [0.4, 0.5) is 37.8 Å². The lowest BCUT2D eigenvalue weighted by molar-refractivity contribution is -0.385. The van der Waals surface area contributed by atoms with Gasteiger partial charge in [0.25, 0.3) is 36.5 Å². The number of nitrogens with zero attached hydrogens (tertiary/aromatic N) is 12. The van der Waals surface area contributed by atoms with Crippen molar-refractivity contribution in [2.75, 3.05) is 34.3 Å². The Morgan fingerprint density at radius 2 is 0.752 bits per heavy atom. The first-order valence-corrected chi connectivity index (χ1v) is 47.4. The van der Waals surface area contributed by atoms with Gasteiger partial charge in [-0.05, 0) is 65.9 Å². The molecule has 8 N–H and O–H groups in total. The summed E-state index contributed by atoms with van der Waals surface area (Å²) in [5.74, 6) is -0.477. The SMILES string of the molecule is CC.O=COCc1ncsc1N[C@@H](Cc1ccc(NS(=O)(=O)[O-])cc1)c1csc(-c2ccccc2)n1.O=COCc1ncsc1N[C@@H](Cc1ccc([N+](=O)[O-])cc1)c1csc(-c2ccccc2)n1.O=COCc1ncsc1N[C@@H](Cc1ccc([N+](=O)[O-])cc1)c1csc(-c2ccccc2)n1.O=[N+]([O-])c1ccc(C[C@H](N=C=S)c2csc(-c3ccccc3)n2)cc1.[C-]#[N+]CC(=O)OC.[NH4+]. The number of nitrogens with one attached hydrogen (secondary N) is 4. The summed E-state index contributed by atoms with van der Waals surface area (Å²) in [4.78, 5) is 112. The van der Waals surface area contributed by atoms with E-state index in [1.54, 1.807) is 99.1 Å². The molecule has 7 aromatic heterocycles. The van der Waals surface area contributed by atoms with Crippen LogP contribution in [0.2, 0.25) is 0 Å². The Balaban J connectivity index is 0.000000193. The van der Waals surface area contributed by atoms with Crippen LogP contribution in [0.5, 0.6) is 0 Å². The first-order chi connectivity index (χ1) is 64.2. The number of rotatable bonds is 38. The molecule has 0 spiro atoms. The number of aliphatic imine (C=N–C) groups is 1. The molecule has 0 aliphatic carbocycles. The van der Waals surface area contributed by atoms with Gasteiger partial charge in [0, 0.05) is 92.3 Å². The number of isothiocyanates is 1. The van der Waals surface area contributed by atoms with Crippen molar-refractivity contribution in [1.82, 2.24) is 41.0 Å². The van der Waals surface area contributed by atoms with E-state index in [0.29, 0.717) is 62.2 Å². The van der Waals surface area contributed by atoms with E-state index in [0.717, 1.165) is 102 Å². The number of thiocarbonyl (C=S) groups is 1. The van der Waals surface area contributed by atoms with E-state index >= 15 is 0 Å². The van der Waals surface area contributed by atoms with Gasteiger partial charge in [0.05, 0.1) is 84.5 Å². The highest BCUT2D eigenvalue weighted by Crippen LogP contribution is 2.38. The van der Waals surface area contributed by atoms with Crippen molar-refractivity contribution in [2.24, 2.45) is 4.99 Å². The second-order valence-corrected chi connectivity index (χ2v) is 34.2. The molecule has 15 rings (SSSR count). The van der Waals surface area contributed by atoms with Crippen LogP contribution < -0.4 is 26.8 Å². The molecule has 0 amide bonds. The minimum atomic E-state index is -4.59. The van der Waals surface area contributed by atoms with Crippen molar-refractivity contribution in [3.05, 3.63) is 360 Å². The molecule has 0 saturated carbocycles. The highest BCUT2D eigenvalue weighted by atomic mass is 32.2. The molecule has 0 radical (unpaired) electrons. The predicted octanol–water partition coefficient (Wildman–Crippen LogP) is 21.3. The number of carbonyl (C=O) groups excluding carboxylic acids is 4. The van der Waals surface area contributed by atoms with E-state index < -0.39 is 31.0 Å². The number of quaternary nitrogens is 1. The van der Waals surface area contributed by atoms with E-state index in [-0.39, 0.29) is 79.4 Å². The lowest BCUT2D eigenvalue weighted by atomic mass is 10.0. The number of anilines is 4. The molecule has 4 atom stereocenters. The van der Waals surface area contributed by atoms with Gasteiger partial charge in [-0.1, -0.05) is 184 Å². The number of esters is 1. The Hall–Kier alpha value is -14.4. The summed E-state index contributed by atoms with van der Waals surface area (Å²) < 4.78 is 53.5. The van der Waals surface area contributed by atoms with Crippen molar-refractivity contribution in [3.8, 4) is 42.3 Å². The molecule has 0 saturated heterocycles. The van der Waals surface area contributed by atoms with Crippen LogP contribution in [-0.4, -0.2) is 107 Å². The summed E-state index contributed by atoms with van der Waals surface area (Å²) in [7, 11) is -3.33. The number of hydrogen-bond acceptors (Lipinski definition) is 36. The summed E-state index contributed by atoms with van der Waals surface area (Å²) >= 11 is 15.2. The maximum absolute atomic E-state index is 11.0. The molecular weight excluding hydrogens is 1880 g/mol. The average molecular weight is 1960 g/mol. The largest absolute Gasteiger partial charge is 0.731 e. The smallest absolute Gasteiger partial charge is 0.386 e. The van der Waals surface area contributed by atoms with Crippen molar-refractivity contribution >= 4 is 170 Å². The third kappa shape index (κ3) is 32.3. The lowest BCUT2D eigenvalue weighted by Gasteiger charge is -2.18. The Morgan fingerprint density at radius 1 is 0.466 bits per heavy atom. The van der Waals surface area contributed by atoms with E-state index in [9.17, 15) is 62.5 Å². The van der Waals surface area contributed by atoms with Gasteiger partial charge < -0.3 is 50.4 Å². The van der Waals surface area contributed by atoms with Gasteiger partial charge in [0.15, 0.2) is 10.3 Å². The fourth-order valence-electron chi connectivity index (χ4n) is 12.1. The fourth-order valence-corrected chi connectivity index (χ4v) is 18.3. The molecule has 684 valence electrons. The lowest BCUT2D eigenvalue weighted by Crippen LogP contribution is -2.15. The molecule has 8 aromatic carbocycles. The van der Waals surface area contributed by atoms with Crippen LogP contribution in [0.15, 0.2) is 261 Å². The molecule has 34 nitrogen and oxygen atoms in total. The van der Waals surface area contributed by atoms with Gasteiger partial charge in [-0.3, -0.25) is 49.4 Å². The van der Waals surface area contributed by atoms with Crippen LogP contribution in [-0.2, 0) is 93.9 Å². The quantitative estimate of drug-likeness (QED) is 0.00276. The molecule has 43 heteroatoms. The number of non-ortho nitro benzene ring substituents is 3. The fraction of sp³-hybridized carbons (Fsp3) is 0.167. The molecule has 0 aliphatic rings. The zero-order valence-electron chi connectivity index (χ0n) is 71.0. The van der Waals surface area contributed by atoms with E-state index in [1.807, 2.05) is 161 Å². The van der Waals surface area contributed by atoms with Crippen molar-refractivity contribution in [2.45, 2.75) is 83.5 Å². The number of methoxy groups -OCH3 is 1. The summed E-state index contributed by atoms with van der Waals surface area (Å²) in [6.45, 7) is 11.4. The number of benzene rings is 8. The highest BCUT2D eigenvalue weighted by Gasteiger charge is 2.26. The number of hydrogen-bond donors (Lipinski definition) is 5. The van der Waals surface area contributed by atoms with E-state index in [2.05, 4.69) is 55.6 Å². The Bertz CT molecular complexity index is 6210. The third-order valence-corrected chi connectivity index (χ3v) is 24.9. The molecule has 7 heterocycles. The maximum atomic E-state index is 11.0. The Morgan fingerprint density at radius 3 is 1.02 bits per heavy atom. The van der Waals surface area contributed by atoms with E-state index in [4.69, 9.17) is 48.0 Å². The van der Waals surface area contributed by atoms with Crippen molar-refractivity contribution < 1.29 is 65.9 Å². The summed E-state index contributed by atoms with van der Waals surface area (Å²) in [6.07, 6.45) is 2.19. The third-order valence-electron chi connectivity index (χ3n) is 18.3. The highest BCUT2D eigenvalue weighted by molar-refractivity contribution is 7.87. The molecule has 0 fully saturated rings. The predicted molar refractivity (Wildman–Crippen MR) is 521 cm³/mol. The van der Waals surface area contributed by atoms with Gasteiger partial charge >= 0.3 is 12.5 Å². The monoisotopic (exact) mass is 1960 g/mol. The Labute approximate surface area is 796 Å². The molecule has 0 bridgehead atoms. The van der Waals surface area contributed by atoms with Gasteiger partial charge in [-0.15, -0.1) is 79.4 Å². The Kier molecular flexibility index (Phi) is 41.3. The number of aromatic nitrogens is 7. The maximum Gasteiger partial charge on any atom is 0.386 e. The van der Waals surface area contributed by atoms with Crippen molar-refractivity contribution in [3.63, 3.8) is 0 Å². The zero-order chi connectivity index (χ0) is 94.0. The molecule has 133 heavy (non-hydrogen) atoms. The first-order valence-electron chi connectivity index (χ1n) is 39.4. The zero-order valence-corrected chi connectivity index (χ0v) is 78.4. The second-order valence-electron chi connectivity index (χ2n) is 26.9. The van der Waals surface area contributed by atoms with Crippen LogP contribution in [0.1, 0.15) is 100 Å². The number of ether oxygens (including phenoxy) is 4. The summed E-state index contributed by atoms with van der Waals surface area (Å²) in [5.41, 5.74) is 18.5. The normalized spacial score (nSPS) is 11.3. The average Bonchev–Trinajstić information content (AvgIpc) is 1.71. The van der Waals surface area contributed by atoms with Gasteiger partial charge in [-0.25, -0.2) is 59.7 Å². The molecular formula is C90H83N17O17S9. The summed E-state index contributed by atoms with van der Waals surface area (Å²) in [6, 6.07) is 64.7. The van der Waals surface area contributed by atoms with E-state index in [1.165, 1.54) is 101 Å². The van der Waals surface area contributed by atoms with Crippen LogP contribution in [0, 0.1) is 36.9 Å². The second kappa shape index (κ2) is 53.7. The number of nitro groups is 3. The van der Waals surface area contributed by atoms with Crippen LogP contribution in [0.3, 0.4) is 0 Å². The number of carbonyl (C=O) groups is 4. The molecule has 15 aromatic rings. The minimum absolute atomic E-state index is 0.